The van der Waals surface area contributed by atoms with Gasteiger partial charge in [0.15, 0.2) is 0 Å². The first kappa shape index (κ1) is 12.2. The van der Waals surface area contributed by atoms with Gasteiger partial charge in [0.05, 0.1) is 0 Å². The van der Waals surface area contributed by atoms with Crippen LogP contribution in [0.4, 0.5) is 0 Å². The van der Waals surface area contributed by atoms with E-state index in [0.29, 0.717) is 6.04 Å². The van der Waals surface area contributed by atoms with Gasteiger partial charge < -0.3 is 10.6 Å². The van der Waals surface area contributed by atoms with Crippen molar-refractivity contribution in [2.45, 2.75) is 31.8 Å². The molecule has 4 heteroatoms. The molecule has 0 aliphatic carbocycles. The SMILES string of the molecule is C[C@@H]1CN(C[C@@H]2CCCN2)CCN1.Cl. The molecule has 2 aliphatic rings. The number of hydrogen-bond acceptors (Lipinski definition) is 3. The Bertz CT molecular complexity index is 159. The van der Waals surface area contributed by atoms with Crippen LogP contribution in [0, 0.1) is 0 Å². The van der Waals surface area contributed by atoms with E-state index in [0.717, 1.165) is 12.6 Å². The fourth-order valence-corrected chi connectivity index (χ4v) is 2.40. The van der Waals surface area contributed by atoms with Crippen molar-refractivity contribution in [3.63, 3.8) is 0 Å². The number of nitrogens with zero attached hydrogens (tertiary/aromatic N) is 1. The summed E-state index contributed by atoms with van der Waals surface area (Å²) in [4.78, 5) is 2.59. The monoisotopic (exact) mass is 219 g/mol. The van der Waals surface area contributed by atoms with E-state index in [1.165, 1.54) is 39.0 Å². The molecule has 0 bridgehead atoms. The molecule has 2 atom stereocenters. The van der Waals surface area contributed by atoms with Crippen molar-refractivity contribution in [2.75, 3.05) is 32.7 Å². The molecule has 0 aromatic carbocycles. The smallest absolute Gasteiger partial charge is 0.0195 e. The van der Waals surface area contributed by atoms with Crippen molar-refractivity contribution in [1.82, 2.24) is 15.5 Å². The van der Waals surface area contributed by atoms with Crippen LogP contribution < -0.4 is 10.6 Å². The van der Waals surface area contributed by atoms with E-state index in [1.54, 1.807) is 0 Å². The lowest BCUT2D eigenvalue weighted by Crippen LogP contribution is -2.52. The molecule has 2 rings (SSSR count). The summed E-state index contributed by atoms with van der Waals surface area (Å²) in [5, 5.41) is 7.03. The van der Waals surface area contributed by atoms with E-state index in [9.17, 15) is 0 Å². The van der Waals surface area contributed by atoms with Gasteiger partial charge in [-0.2, -0.15) is 0 Å². The molecule has 0 amide bonds. The molecule has 0 aromatic heterocycles. The summed E-state index contributed by atoms with van der Waals surface area (Å²) in [6.07, 6.45) is 2.74. The fourth-order valence-electron chi connectivity index (χ4n) is 2.40. The van der Waals surface area contributed by atoms with Crippen LogP contribution >= 0.6 is 12.4 Å². The Morgan fingerprint density at radius 1 is 1.29 bits per heavy atom. The largest absolute Gasteiger partial charge is 0.313 e. The van der Waals surface area contributed by atoms with Crippen LogP contribution in [0.15, 0.2) is 0 Å². The number of hydrogen-bond donors (Lipinski definition) is 2. The summed E-state index contributed by atoms with van der Waals surface area (Å²) >= 11 is 0. The van der Waals surface area contributed by atoms with Crippen molar-refractivity contribution in [2.24, 2.45) is 0 Å². The first-order chi connectivity index (χ1) is 6.34. The Balaban J connectivity index is 0.000000980. The zero-order valence-electron chi connectivity index (χ0n) is 8.96. The van der Waals surface area contributed by atoms with Crippen LogP contribution in [0.1, 0.15) is 19.8 Å². The van der Waals surface area contributed by atoms with E-state index in [4.69, 9.17) is 0 Å². The third-order valence-electron chi connectivity index (χ3n) is 3.09. The average Bonchev–Trinajstić information content (AvgIpc) is 2.57. The molecular formula is C10H22ClN3. The van der Waals surface area contributed by atoms with E-state index in [-0.39, 0.29) is 12.4 Å². The normalized spacial score (nSPS) is 34.1. The summed E-state index contributed by atoms with van der Waals surface area (Å²) in [6, 6.07) is 1.44. The number of piperazine rings is 1. The molecular weight excluding hydrogens is 198 g/mol. The zero-order valence-corrected chi connectivity index (χ0v) is 9.78. The predicted octanol–water partition coefficient (Wildman–Crippen LogP) is 0.454. The molecule has 0 unspecified atom stereocenters. The van der Waals surface area contributed by atoms with Crippen molar-refractivity contribution >= 4 is 12.4 Å². The second-order valence-electron chi connectivity index (χ2n) is 4.41. The highest BCUT2D eigenvalue weighted by atomic mass is 35.5. The quantitative estimate of drug-likeness (QED) is 0.707. The molecule has 0 radical (unpaired) electrons. The zero-order chi connectivity index (χ0) is 9.10. The lowest BCUT2D eigenvalue weighted by atomic mass is 10.2. The van der Waals surface area contributed by atoms with Gasteiger partial charge in [0.2, 0.25) is 0 Å². The van der Waals surface area contributed by atoms with Gasteiger partial charge in [0.1, 0.15) is 0 Å². The first-order valence-corrected chi connectivity index (χ1v) is 5.54. The average molecular weight is 220 g/mol. The Morgan fingerprint density at radius 3 is 2.79 bits per heavy atom. The molecule has 2 heterocycles. The topological polar surface area (TPSA) is 27.3 Å². The molecule has 2 N–H and O–H groups in total. The van der Waals surface area contributed by atoms with Gasteiger partial charge in [0.25, 0.3) is 0 Å². The van der Waals surface area contributed by atoms with Crippen LogP contribution in [-0.2, 0) is 0 Å². The van der Waals surface area contributed by atoms with Gasteiger partial charge in [-0.05, 0) is 26.3 Å². The third-order valence-corrected chi connectivity index (χ3v) is 3.09. The first-order valence-electron chi connectivity index (χ1n) is 5.54. The van der Waals surface area contributed by atoms with E-state index in [2.05, 4.69) is 22.5 Å². The van der Waals surface area contributed by atoms with Gasteiger partial charge in [-0.1, -0.05) is 0 Å². The summed E-state index contributed by atoms with van der Waals surface area (Å²) in [6.45, 7) is 8.36. The molecule has 14 heavy (non-hydrogen) atoms. The van der Waals surface area contributed by atoms with E-state index in [1.807, 2.05) is 0 Å². The Morgan fingerprint density at radius 2 is 2.14 bits per heavy atom. The lowest BCUT2D eigenvalue weighted by Gasteiger charge is -2.33. The van der Waals surface area contributed by atoms with E-state index >= 15 is 0 Å². The van der Waals surface area contributed by atoms with Crippen LogP contribution in [0.25, 0.3) is 0 Å². The van der Waals surface area contributed by atoms with Gasteiger partial charge in [0, 0.05) is 38.3 Å². The molecule has 3 nitrogen and oxygen atoms in total. The molecule has 2 saturated heterocycles. The van der Waals surface area contributed by atoms with Crippen molar-refractivity contribution in [3.05, 3.63) is 0 Å². The van der Waals surface area contributed by atoms with Gasteiger partial charge >= 0.3 is 0 Å². The molecule has 0 saturated carbocycles. The van der Waals surface area contributed by atoms with Gasteiger partial charge in [-0.3, -0.25) is 4.90 Å². The maximum atomic E-state index is 3.56. The summed E-state index contributed by atoms with van der Waals surface area (Å²) in [5.74, 6) is 0. The molecule has 0 spiro atoms. The summed E-state index contributed by atoms with van der Waals surface area (Å²) < 4.78 is 0. The number of halogens is 1. The second kappa shape index (κ2) is 5.91. The highest BCUT2D eigenvalue weighted by Gasteiger charge is 2.21. The highest BCUT2D eigenvalue weighted by molar-refractivity contribution is 5.85. The molecule has 0 aromatic rings. The van der Waals surface area contributed by atoms with E-state index < -0.39 is 0 Å². The summed E-state index contributed by atoms with van der Waals surface area (Å²) in [5.41, 5.74) is 0. The minimum Gasteiger partial charge on any atom is -0.313 e. The van der Waals surface area contributed by atoms with Crippen LogP contribution in [-0.4, -0.2) is 49.7 Å². The van der Waals surface area contributed by atoms with Crippen LogP contribution in [0.3, 0.4) is 0 Å². The maximum Gasteiger partial charge on any atom is 0.0195 e. The van der Waals surface area contributed by atoms with Crippen LogP contribution in [0.2, 0.25) is 0 Å². The Hall–Kier alpha value is 0.170. The highest BCUT2D eigenvalue weighted by Crippen LogP contribution is 2.08. The molecule has 2 aliphatic heterocycles. The maximum absolute atomic E-state index is 3.56. The third kappa shape index (κ3) is 3.39. The minimum absolute atomic E-state index is 0. The fraction of sp³-hybridized carbons (Fsp3) is 1.00. The Kier molecular flexibility index (Phi) is 5.17. The number of nitrogens with one attached hydrogen (secondary N) is 2. The predicted molar refractivity (Wildman–Crippen MR) is 62.2 cm³/mol. The molecule has 2 fully saturated rings. The molecule has 84 valence electrons. The Labute approximate surface area is 93.0 Å². The second-order valence-corrected chi connectivity index (χ2v) is 4.41. The van der Waals surface area contributed by atoms with Gasteiger partial charge in [-0.25, -0.2) is 0 Å². The van der Waals surface area contributed by atoms with Crippen molar-refractivity contribution < 1.29 is 0 Å². The van der Waals surface area contributed by atoms with Crippen molar-refractivity contribution in [1.29, 1.82) is 0 Å². The lowest BCUT2D eigenvalue weighted by molar-refractivity contribution is 0.192. The summed E-state index contributed by atoms with van der Waals surface area (Å²) in [7, 11) is 0. The minimum atomic E-state index is 0. The number of rotatable bonds is 2. The van der Waals surface area contributed by atoms with Gasteiger partial charge in [-0.15, -0.1) is 12.4 Å². The van der Waals surface area contributed by atoms with Crippen molar-refractivity contribution in [3.8, 4) is 0 Å². The standard InChI is InChI=1S/C10H21N3.ClH/c1-9-7-13(6-5-11-9)8-10-3-2-4-12-10;/h9-12H,2-8H2,1H3;1H/t9-,10+;/m1./s1. The van der Waals surface area contributed by atoms with Crippen LogP contribution in [0.5, 0.6) is 0 Å².